The second-order valence-corrected chi connectivity index (χ2v) is 5.19. The topological polar surface area (TPSA) is 57.0 Å². The summed E-state index contributed by atoms with van der Waals surface area (Å²) in [4.78, 5) is 14.9. The molecule has 0 aliphatic carbocycles. The van der Waals surface area contributed by atoms with E-state index < -0.39 is 6.36 Å². The van der Waals surface area contributed by atoms with E-state index in [1.165, 1.54) is 35.3 Å². The van der Waals surface area contributed by atoms with Gasteiger partial charge in [-0.3, -0.25) is 4.79 Å². The summed E-state index contributed by atoms with van der Waals surface area (Å²) in [6, 6.07) is 10.4. The number of carbonyl (C=O) groups excluding carboxylic acids is 1. The van der Waals surface area contributed by atoms with Crippen molar-refractivity contribution in [1.82, 2.24) is 14.8 Å². The zero-order valence-electron chi connectivity index (χ0n) is 12.9. The average molecular weight is 346 g/mol. The van der Waals surface area contributed by atoms with Crippen molar-refractivity contribution in [2.75, 3.05) is 0 Å². The summed E-state index contributed by atoms with van der Waals surface area (Å²) in [7, 11) is 0. The number of hydrogen-bond acceptors (Lipinski definition) is 4. The van der Waals surface area contributed by atoms with Gasteiger partial charge in [0, 0.05) is 11.1 Å². The van der Waals surface area contributed by atoms with Gasteiger partial charge in [-0.25, -0.2) is 9.67 Å². The van der Waals surface area contributed by atoms with Gasteiger partial charge in [0.25, 0.3) is 0 Å². The van der Waals surface area contributed by atoms with Crippen LogP contribution < -0.4 is 4.74 Å². The molecule has 0 N–H and O–H groups in total. The summed E-state index contributed by atoms with van der Waals surface area (Å²) in [5.74, 6) is 0.115. The molecule has 1 heterocycles. The van der Waals surface area contributed by atoms with Gasteiger partial charge in [-0.05, 0) is 48.9 Å². The van der Waals surface area contributed by atoms with Crippen molar-refractivity contribution >= 4 is 6.29 Å². The van der Waals surface area contributed by atoms with E-state index in [0.717, 1.165) is 5.56 Å². The van der Waals surface area contributed by atoms with Gasteiger partial charge in [-0.2, -0.15) is 0 Å². The van der Waals surface area contributed by atoms with Crippen molar-refractivity contribution < 1.29 is 22.7 Å². The van der Waals surface area contributed by atoms with E-state index in [1.807, 2.05) is 6.29 Å². The van der Waals surface area contributed by atoms with Gasteiger partial charge >= 0.3 is 6.36 Å². The van der Waals surface area contributed by atoms with Crippen LogP contribution in [0.4, 0.5) is 13.2 Å². The van der Waals surface area contributed by atoms with Crippen LogP contribution in [0.1, 0.15) is 11.1 Å². The summed E-state index contributed by atoms with van der Waals surface area (Å²) in [5.41, 5.74) is 2.45. The van der Waals surface area contributed by atoms with Crippen LogP contribution in [0.5, 0.6) is 5.75 Å². The van der Waals surface area contributed by atoms with Crippen molar-refractivity contribution in [1.29, 1.82) is 0 Å². The van der Waals surface area contributed by atoms with Crippen molar-refractivity contribution in [3.63, 3.8) is 0 Å². The molecular weight excluding hydrogens is 335 g/mol. The van der Waals surface area contributed by atoms with Gasteiger partial charge in [0.15, 0.2) is 5.82 Å². The smallest absolute Gasteiger partial charge is 0.406 e. The minimum Gasteiger partial charge on any atom is -0.406 e. The van der Waals surface area contributed by atoms with E-state index in [2.05, 4.69) is 14.8 Å². The van der Waals surface area contributed by atoms with Crippen LogP contribution in [0, 0.1) is 6.92 Å². The molecule has 3 aromatic rings. The lowest BCUT2D eigenvalue weighted by Crippen LogP contribution is -2.17. The number of alkyl halides is 3. The van der Waals surface area contributed by atoms with E-state index in [-0.39, 0.29) is 5.75 Å². The number of benzene rings is 2. The Morgan fingerprint density at radius 2 is 1.84 bits per heavy atom. The Bertz CT molecular complexity index is 902. The maximum absolute atomic E-state index is 12.2. The Balaban J connectivity index is 1.84. The van der Waals surface area contributed by atoms with E-state index in [1.54, 1.807) is 25.1 Å². The van der Waals surface area contributed by atoms with Crippen LogP contribution in [-0.4, -0.2) is 27.4 Å². The molecule has 0 aliphatic rings. The monoisotopic (exact) mass is 346 g/mol. The van der Waals surface area contributed by atoms with Crippen LogP contribution in [0.3, 0.4) is 0 Å². The first kappa shape index (κ1) is 16.7. The van der Waals surface area contributed by atoms with Crippen LogP contribution in [0.15, 0.2) is 48.8 Å². The van der Waals surface area contributed by atoms with E-state index in [9.17, 15) is 18.0 Å². The highest BCUT2D eigenvalue weighted by Gasteiger charge is 2.30. The van der Waals surface area contributed by atoms with Crippen LogP contribution in [0.25, 0.3) is 17.1 Å². The fourth-order valence-electron chi connectivity index (χ4n) is 2.24. The number of rotatable bonds is 4. The summed E-state index contributed by atoms with van der Waals surface area (Å²) in [5, 5.41) is 4.30. The van der Waals surface area contributed by atoms with Crippen LogP contribution in [-0.2, 0) is 4.79 Å². The summed E-state index contributed by atoms with van der Waals surface area (Å²) >= 11 is 0. The second kappa shape index (κ2) is 6.39. The van der Waals surface area contributed by atoms with Crippen molar-refractivity contribution in [2.24, 2.45) is 0 Å². The number of halogens is 3. The van der Waals surface area contributed by atoms with E-state index in [4.69, 9.17) is 0 Å². The minimum atomic E-state index is -4.73. The fraction of sp³-hybridized carbons (Fsp3) is 0.118. The Hall–Kier alpha value is -3.16. The third-order valence-corrected chi connectivity index (χ3v) is 3.42. The summed E-state index contributed by atoms with van der Waals surface area (Å²) in [6.07, 6.45) is -1.44. The highest BCUT2D eigenvalue weighted by Crippen LogP contribution is 2.24. The largest absolute Gasteiger partial charge is 0.573 e. The molecule has 127 valence electrons. The predicted octanol–water partition coefficient (Wildman–Crippen LogP) is 3.60. The number of ether oxygens (including phenoxy) is 1. The van der Waals surface area contributed by atoms with Crippen molar-refractivity contribution in [3.05, 3.63) is 59.9 Å². The Morgan fingerprint density at radius 1 is 1.12 bits per heavy atom. The van der Waals surface area contributed by atoms with E-state index >= 15 is 0 Å². The average Bonchev–Trinajstić information content (AvgIpc) is 3.04. The van der Waals surface area contributed by atoms with Gasteiger partial charge in [0.2, 0.25) is 6.29 Å². The van der Waals surface area contributed by atoms with Gasteiger partial charge in [-0.15, -0.1) is 18.3 Å². The molecule has 8 heteroatoms. The number of aryl methyl sites for hydroxylation is 1. The van der Waals surface area contributed by atoms with Gasteiger partial charge < -0.3 is 4.74 Å². The predicted molar refractivity (Wildman–Crippen MR) is 83.0 cm³/mol. The lowest BCUT2D eigenvalue weighted by atomic mass is 10.1. The van der Waals surface area contributed by atoms with Crippen LogP contribution in [0.2, 0.25) is 0 Å². The molecule has 0 aliphatic heterocycles. The molecule has 0 amide bonds. The minimum absolute atomic E-state index is 0.312. The molecule has 25 heavy (non-hydrogen) atoms. The van der Waals surface area contributed by atoms with Crippen molar-refractivity contribution in [3.8, 4) is 22.8 Å². The molecule has 0 atom stereocenters. The van der Waals surface area contributed by atoms with E-state index in [0.29, 0.717) is 22.6 Å². The normalized spacial score (nSPS) is 11.4. The molecule has 0 unspecified atom stereocenters. The first-order valence-electron chi connectivity index (χ1n) is 7.13. The van der Waals surface area contributed by atoms with Gasteiger partial charge in [-0.1, -0.05) is 6.07 Å². The summed E-state index contributed by atoms with van der Waals surface area (Å²) < 4.78 is 41.8. The van der Waals surface area contributed by atoms with Gasteiger partial charge in [0.05, 0.1) is 5.69 Å². The zero-order chi connectivity index (χ0) is 18.0. The van der Waals surface area contributed by atoms with Crippen LogP contribution >= 0.6 is 0 Å². The molecule has 0 saturated carbocycles. The quantitative estimate of drug-likeness (QED) is 0.724. The number of nitrogens with zero attached hydrogens (tertiary/aromatic N) is 3. The van der Waals surface area contributed by atoms with Crippen molar-refractivity contribution in [2.45, 2.75) is 13.3 Å². The standard InChI is InChI=1S/C17H11F3N3O2/c1-11-8-12(2-3-13(11)9-24)16-21-10-23(22-16)14-4-6-15(7-5-14)25-17(18,19)20/h2-8,10H,1H3. The summed E-state index contributed by atoms with van der Waals surface area (Å²) in [6.45, 7) is 1.78. The molecule has 5 nitrogen and oxygen atoms in total. The maximum atomic E-state index is 12.2. The third-order valence-electron chi connectivity index (χ3n) is 3.42. The molecule has 0 fully saturated rings. The molecule has 1 radical (unpaired) electrons. The highest BCUT2D eigenvalue weighted by molar-refractivity contribution is 5.79. The second-order valence-electron chi connectivity index (χ2n) is 5.19. The SMILES string of the molecule is Cc1cc(-c2ncn(-c3ccc(OC(F)(F)F)cc3)n2)ccc1[C]=O. The first-order valence-corrected chi connectivity index (χ1v) is 7.13. The highest BCUT2D eigenvalue weighted by atomic mass is 19.4. The third kappa shape index (κ3) is 3.85. The lowest BCUT2D eigenvalue weighted by Gasteiger charge is -2.09. The number of hydrogen-bond donors (Lipinski definition) is 0. The van der Waals surface area contributed by atoms with Gasteiger partial charge in [0.1, 0.15) is 12.1 Å². The first-order chi connectivity index (χ1) is 11.9. The fourth-order valence-corrected chi connectivity index (χ4v) is 2.24. The molecular formula is C17H11F3N3O2. The molecule has 0 saturated heterocycles. The zero-order valence-corrected chi connectivity index (χ0v) is 12.9. The molecule has 0 bridgehead atoms. The molecule has 1 aromatic heterocycles. The molecule has 2 aromatic carbocycles. The molecule has 0 spiro atoms. The maximum Gasteiger partial charge on any atom is 0.573 e. The number of aromatic nitrogens is 3. The Kier molecular flexibility index (Phi) is 4.26. The molecule has 3 rings (SSSR count). The Morgan fingerprint density at radius 3 is 2.44 bits per heavy atom. The Labute approximate surface area is 140 Å². The lowest BCUT2D eigenvalue weighted by molar-refractivity contribution is -0.274.